The van der Waals surface area contributed by atoms with Gasteiger partial charge in [0.05, 0.1) is 12.0 Å². The topological polar surface area (TPSA) is 93.1 Å². The van der Waals surface area contributed by atoms with Gasteiger partial charge in [0.1, 0.15) is 18.3 Å². The van der Waals surface area contributed by atoms with Gasteiger partial charge in [0.25, 0.3) is 0 Å². The van der Waals surface area contributed by atoms with Crippen LogP contribution in [0.2, 0.25) is 0 Å². The molecule has 0 saturated carbocycles. The summed E-state index contributed by atoms with van der Waals surface area (Å²) in [5, 5.41) is 21.0. The lowest BCUT2D eigenvalue weighted by atomic mass is 9.83. The monoisotopic (exact) mass is 362 g/mol. The number of allylic oxidation sites excluding steroid dienone is 1. The van der Waals surface area contributed by atoms with Crippen LogP contribution in [0.1, 0.15) is 34.1 Å². The van der Waals surface area contributed by atoms with Crippen LogP contribution in [0.25, 0.3) is 0 Å². The summed E-state index contributed by atoms with van der Waals surface area (Å²) < 4.78 is 10.9. The van der Waals surface area contributed by atoms with Crippen molar-refractivity contribution < 1.29 is 29.3 Å². The van der Waals surface area contributed by atoms with E-state index in [2.05, 4.69) is 6.58 Å². The van der Waals surface area contributed by atoms with E-state index in [-0.39, 0.29) is 5.57 Å². The first kappa shape index (κ1) is 20.1. The highest BCUT2D eigenvalue weighted by Gasteiger charge is 2.47. The van der Waals surface area contributed by atoms with Gasteiger partial charge in [0, 0.05) is 11.1 Å². The summed E-state index contributed by atoms with van der Waals surface area (Å²) in [4.78, 5) is 24.4. The molecule has 2 rings (SSSR count). The van der Waals surface area contributed by atoms with Crippen molar-refractivity contribution >= 4 is 11.9 Å². The minimum atomic E-state index is -1.20. The first-order chi connectivity index (χ1) is 12.1. The maximum absolute atomic E-state index is 12.3. The number of esters is 2. The third-order valence-electron chi connectivity index (χ3n) is 4.83. The lowest BCUT2D eigenvalue weighted by molar-refractivity contribution is -0.153. The Morgan fingerprint density at radius 3 is 2.62 bits per heavy atom. The largest absolute Gasteiger partial charge is 0.455 e. The molecule has 5 atom stereocenters. The summed E-state index contributed by atoms with van der Waals surface area (Å²) in [6, 6.07) is 0. The molecule has 1 saturated heterocycles. The molecule has 0 aromatic rings. The average Bonchev–Trinajstić information content (AvgIpc) is 2.83. The van der Waals surface area contributed by atoms with Gasteiger partial charge in [-0.25, -0.2) is 9.59 Å². The Bertz CT molecular complexity index is 699. The molecule has 0 aromatic carbocycles. The second-order valence-corrected chi connectivity index (χ2v) is 6.90. The number of aliphatic hydroxyl groups is 2. The number of fused-ring (bicyclic) bond motifs is 1. The van der Waals surface area contributed by atoms with Crippen molar-refractivity contribution in [2.45, 2.75) is 58.5 Å². The normalized spacial score (nSPS) is 33.0. The number of aliphatic hydroxyl groups excluding tert-OH is 2. The SMILES string of the molecule is C=C1C(=O)OC2C=C(C)CC(O)C=C(C)C(O)C(OC(=O)C(C)=CC)C12. The summed E-state index contributed by atoms with van der Waals surface area (Å²) in [7, 11) is 0. The van der Waals surface area contributed by atoms with E-state index >= 15 is 0 Å². The number of hydrogen-bond acceptors (Lipinski definition) is 6. The first-order valence-electron chi connectivity index (χ1n) is 8.61. The number of ether oxygens (including phenoxy) is 2. The average molecular weight is 362 g/mol. The Morgan fingerprint density at radius 1 is 1.35 bits per heavy atom. The molecule has 1 heterocycles. The van der Waals surface area contributed by atoms with Gasteiger partial charge in [-0.05, 0) is 45.8 Å². The van der Waals surface area contributed by atoms with E-state index in [9.17, 15) is 19.8 Å². The maximum Gasteiger partial charge on any atom is 0.334 e. The van der Waals surface area contributed by atoms with Gasteiger partial charge in [-0.15, -0.1) is 0 Å². The van der Waals surface area contributed by atoms with Crippen LogP contribution >= 0.6 is 0 Å². The Balaban J connectivity index is 2.51. The molecular formula is C20H26O6. The zero-order valence-electron chi connectivity index (χ0n) is 15.6. The lowest BCUT2D eigenvalue weighted by Gasteiger charge is -2.31. The van der Waals surface area contributed by atoms with Crippen LogP contribution in [-0.2, 0) is 19.1 Å². The van der Waals surface area contributed by atoms with E-state index in [1.54, 1.807) is 32.9 Å². The predicted molar refractivity (Wildman–Crippen MR) is 96.0 cm³/mol. The van der Waals surface area contributed by atoms with E-state index in [0.29, 0.717) is 17.6 Å². The fourth-order valence-electron chi connectivity index (χ4n) is 3.20. The minimum Gasteiger partial charge on any atom is -0.455 e. The zero-order valence-corrected chi connectivity index (χ0v) is 15.6. The van der Waals surface area contributed by atoms with Crippen molar-refractivity contribution in [2.75, 3.05) is 0 Å². The highest BCUT2D eigenvalue weighted by molar-refractivity contribution is 5.92. The fraction of sp³-hybridized carbons (Fsp3) is 0.500. The smallest absolute Gasteiger partial charge is 0.334 e. The molecule has 2 aliphatic rings. The molecule has 5 unspecified atom stereocenters. The summed E-state index contributed by atoms with van der Waals surface area (Å²) in [5.41, 5.74) is 1.82. The van der Waals surface area contributed by atoms with Crippen molar-refractivity contribution in [3.8, 4) is 0 Å². The lowest BCUT2D eigenvalue weighted by Crippen LogP contribution is -2.43. The van der Waals surface area contributed by atoms with Gasteiger partial charge in [0.15, 0.2) is 0 Å². The van der Waals surface area contributed by atoms with Crippen LogP contribution in [0.15, 0.2) is 47.1 Å². The minimum absolute atomic E-state index is 0.156. The second-order valence-electron chi connectivity index (χ2n) is 6.90. The third-order valence-corrected chi connectivity index (χ3v) is 4.83. The molecule has 0 radical (unpaired) electrons. The summed E-state index contributed by atoms with van der Waals surface area (Å²) in [6.45, 7) is 10.6. The molecule has 2 N–H and O–H groups in total. The number of carbonyl (C=O) groups is 2. The summed E-state index contributed by atoms with van der Waals surface area (Å²) in [6.07, 6.45) is 1.42. The predicted octanol–water partition coefficient (Wildman–Crippen LogP) is 1.98. The Hall–Kier alpha value is -2.18. The highest BCUT2D eigenvalue weighted by atomic mass is 16.6. The number of rotatable bonds is 2. The quantitative estimate of drug-likeness (QED) is 0.443. The van der Waals surface area contributed by atoms with Crippen LogP contribution in [-0.4, -0.2) is 46.6 Å². The van der Waals surface area contributed by atoms with Crippen LogP contribution in [0, 0.1) is 5.92 Å². The second kappa shape index (κ2) is 8.01. The molecule has 6 heteroatoms. The van der Waals surface area contributed by atoms with Gasteiger partial charge in [0.2, 0.25) is 0 Å². The molecular weight excluding hydrogens is 336 g/mol. The van der Waals surface area contributed by atoms with Crippen molar-refractivity contribution in [3.05, 3.63) is 47.1 Å². The molecule has 0 bridgehead atoms. The summed E-state index contributed by atoms with van der Waals surface area (Å²) in [5.74, 6) is -1.88. The molecule has 0 aromatic heterocycles. The van der Waals surface area contributed by atoms with Gasteiger partial charge >= 0.3 is 11.9 Å². The molecule has 26 heavy (non-hydrogen) atoms. The molecule has 1 fully saturated rings. The van der Waals surface area contributed by atoms with E-state index in [4.69, 9.17) is 9.47 Å². The van der Waals surface area contributed by atoms with Crippen molar-refractivity contribution in [1.82, 2.24) is 0 Å². The standard InChI is InChI=1S/C20H26O6/c1-6-11(3)19(23)26-18-16-13(5)20(24)25-15(16)8-10(2)7-14(21)9-12(4)17(18)22/h6,8-9,14-18,21-22H,5,7H2,1-4H3. The number of hydrogen-bond donors (Lipinski definition) is 2. The van der Waals surface area contributed by atoms with E-state index in [1.165, 1.54) is 6.08 Å². The van der Waals surface area contributed by atoms with Crippen LogP contribution in [0.4, 0.5) is 0 Å². The third kappa shape index (κ3) is 4.14. The molecule has 0 spiro atoms. The summed E-state index contributed by atoms with van der Waals surface area (Å²) >= 11 is 0. The molecule has 6 nitrogen and oxygen atoms in total. The Morgan fingerprint density at radius 2 is 2.00 bits per heavy atom. The molecule has 1 aliphatic carbocycles. The van der Waals surface area contributed by atoms with E-state index in [0.717, 1.165) is 5.57 Å². The van der Waals surface area contributed by atoms with Gasteiger partial charge in [-0.2, -0.15) is 0 Å². The van der Waals surface area contributed by atoms with Crippen LogP contribution < -0.4 is 0 Å². The number of carbonyl (C=O) groups excluding carboxylic acids is 2. The van der Waals surface area contributed by atoms with Gasteiger partial charge < -0.3 is 19.7 Å². The van der Waals surface area contributed by atoms with E-state index in [1.807, 2.05) is 6.92 Å². The van der Waals surface area contributed by atoms with Gasteiger partial charge in [-0.1, -0.05) is 24.3 Å². The molecule has 0 amide bonds. The molecule has 142 valence electrons. The van der Waals surface area contributed by atoms with Gasteiger partial charge in [-0.3, -0.25) is 0 Å². The van der Waals surface area contributed by atoms with Crippen LogP contribution in [0.5, 0.6) is 0 Å². The first-order valence-corrected chi connectivity index (χ1v) is 8.61. The zero-order chi connectivity index (χ0) is 19.6. The highest BCUT2D eigenvalue weighted by Crippen LogP contribution is 2.36. The van der Waals surface area contributed by atoms with E-state index < -0.39 is 42.3 Å². The Kier molecular flexibility index (Phi) is 6.21. The Labute approximate surface area is 153 Å². The fourth-order valence-corrected chi connectivity index (χ4v) is 3.20. The molecule has 1 aliphatic heterocycles. The van der Waals surface area contributed by atoms with Crippen LogP contribution in [0.3, 0.4) is 0 Å². The van der Waals surface area contributed by atoms with Crippen molar-refractivity contribution in [2.24, 2.45) is 5.92 Å². The van der Waals surface area contributed by atoms with Crippen molar-refractivity contribution in [1.29, 1.82) is 0 Å². The van der Waals surface area contributed by atoms with Crippen molar-refractivity contribution in [3.63, 3.8) is 0 Å². The maximum atomic E-state index is 12.3.